The smallest absolute Gasteiger partial charge is 0.104 e. The Kier molecular flexibility index (Phi) is 3.96. The number of aliphatic hydroxyl groups excluding tert-OH is 1. The van der Waals surface area contributed by atoms with Gasteiger partial charge in [0.05, 0.1) is 6.61 Å². The van der Waals surface area contributed by atoms with Gasteiger partial charge in [-0.15, -0.1) is 0 Å². The third-order valence-electron chi connectivity index (χ3n) is 3.83. The van der Waals surface area contributed by atoms with Gasteiger partial charge in [0.1, 0.15) is 4.99 Å². The van der Waals surface area contributed by atoms with Gasteiger partial charge in [-0.05, 0) is 41.8 Å². The largest absolute Gasteiger partial charge is 0.395 e. The topological polar surface area (TPSA) is 51.2 Å². The summed E-state index contributed by atoms with van der Waals surface area (Å²) in [6.45, 7) is 2.81. The Morgan fingerprint density at radius 2 is 2.05 bits per heavy atom. The van der Waals surface area contributed by atoms with Crippen LogP contribution in [0.3, 0.4) is 0 Å². The number of aromatic nitrogens is 1. The van der Waals surface area contributed by atoms with Crippen LogP contribution in [0.25, 0.3) is 22.0 Å². The third-order valence-corrected chi connectivity index (χ3v) is 4.07. The average Bonchev–Trinajstić information content (AvgIpc) is 2.90. The molecule has 0 atom stereocenters. The van der Waals surface area contributed by atoms with E-state index in [1.54, 1.807) is 0 Å². The molecule has 0 aliphatic carbocycles. The fourth-order valence-corrected chi connectivity index (χ4v) is 2.94. The van der Waals surface area contributed by atoms with E-state index in [1.165, 1.54) is 10.9 Å². The summed E-state index contributed by atoms with van der Waals surface area (Å²) in [5, 5.41) is 10.4. The van der Waals surface area contributed by atoms with E-state index in [0.29, 0.717) is 11.5 Å². The third kappa shape index (κ3) is 2.63. The molecule has 3 nitrogen and oxygen atoms in total. The number of benzene rings is 2. The summed E-state index contributed by atoms with van der Waals surface area (Å²) in [6.07, 6.45) is 2.02. The van der Waals surface area contributed by atoms with Crippen molar-refractivity contribution in [1.29, 1.82) is 0 Å². The van der Waals surface area contributed by atoms with Crippen molar-refractivity contribution in [3.05, 3.63) is 59.8 Å². The van der Waals surface area contributed by atoms with Gasteiger partial charge in [-0.25, -0.2) is 0 Å². The van der Waals surface area contributed by atoms with Crippen LogP contribution in [-0.4, -0.2) is 21.3 Å². The first-order valence-electron chi connectivity index (χ1n) is 7.21. The van der Waals surface area contributed by atoms with Gasteiger partial charge in [0.15, 0.2) is 0 Å². The van der Waals surface area contributed by atoms with E-state index < -0.39 is 0 Å². The van der Waals surface area contributed by atoms with E-state index in [9.17, 15) is 5.11 Å². The summed E-state index contributed by atoms with van der Waals surface area (Å²) in [5.74, 6) is 0. The summed E-state index contributed by atoms with van der Waals surface area (Å²) in [5.41, 5.74) is 11.2. The second-order valence-electron chi connectivity index (χ2n) is 5.42. The number of aliphatic hydroxyl groups is 1. The Bertz CT molecular complexity index is 851. The van der Waals surface area contributed by atoms with Crippen molar-refractivity contribution in [3.8, 4) is 11.1 Å². The van der Waals surface area contributed by atoms with Crippen LogP contribution in [0, 0.1) is 6.92 Å². The van der Waals surface area contributed by atoms with Crippen molar-refractivity contribution in [2.24, 2.45) is 5.73 Å². The standard InChI is InChI=1S/C18H18N2OS/c1-12-9-16(13-3-2-4-14(11-13)18(19)22)15-5-6-20(7-8-21)17(15)10-12/h2-6,9-11,21H,7-8H2,1H3,(H2,19,22). The first-order valence-corrected chi connectivity index (χ1v) is 7.61. The SMILES string of the molecule is Cc1cc(-c2cccc(C(N)=S)c2)c2ccn(CCO)c2c1. The maximum Gasteiger partial charge on any atom is 0.104 e. The molecule has 0 amide bonds. The van der Waals surface area contributed by atoms with Crippen LogP contribution in [0.2, 0.25) is 0 Å². The molecular weight excluding hydrogens is 292 g/mol. The van der Waals surface area contributed by atoms with Crippen molar-refractivity contribution in [2.45, 2.75) is 13.5 Å². The van der Waals surface area contributed by atoms with Crippen molar-refractivity contribution in [2.75, 3.05) is 6.61 Å². The average molecular weight is 310 g/mol. The van der Waals surface area contributed by atoms with Crippen LogP contribution in [0.1, 0.15) is 11.1 Å². The first-order chi connectivity index (χ1) is 10.6. The minimum atomic E-state index is 0.129. The molecule has 112 valence electrons. The molecule has 2 aromatic carbocycles. The molecular formula is C18H18N2OS. The quantitative estimate of drug-likeness (QED) is 0.727. The maximum atomic E-state index is 9.20. The highest BCUT2D eigenvalue weighted by Gasteiger charge is 2.10. The lowest BCUT2D eigenvalue weighted by molar-refractivity contribution is 0.278. The summed E-state index contributed by atoms with van der Waals surface area (Å²) in [7, 11) is 0. The minimum Gasteiger partial charge on any atom is -0.395 e. The molecule has 1 aromatic heterocycles. The highest BCUT2D eigenvalue weighted by Crippen LogP contribution is 2.31. The van der Waals surface area contributed by atoms with E-state index in [4.69, 9.17) is 18.0 Å². The van der Waals surface area contributed by atoms with Crippen molar-refractivity contribution < 1.29 is 5.11 Å². The maximum absolute atomic E-state index is 9.20. The molecule has 0 unspecified atom stereocenters. The molecule has 0 fully saturated rings. The molecule has 3 rings (SSSR count). The Hall–Kier alpha value is -2.17. The molecule has 0 saturated carbocycles. The lowest BCUT2D eigenvalue weighted by Gasteiger charge is -2.10. The normalized spacial score (nSPS) is 11.0. The van der Waals surface area contributed by atoms with Crippen molar-refractivity contribution in [3.63, 3.8) is 0 Å². The highest BCUT2D eigenvalue weighted by molar-refractivity contribution is 7.80. The Labute approximate surface area is 135 Å². The van der Waals surface area contributed by atoms with Crippen molar-refractivity contribution in [1.82, 2.24) is 4.57 Å². The van der Waals surface area contributed by atoms with Crippen LogP contribution >= 0.6 is 12.2 Å². The number of thiocarbonyl (C=S) groups is 1. The number of nitrogens with two attached hydrogens (primary N) is 1. The second kappa shape index (κ2) is 5.91. The zero-order chi connectivity index (χ0) is 15.7. The van der Waals surface area contributed by atoms with Crippen LogP contribution in [-0.2, 0) is 6.54 Å². The molecule has 0 bridgehead atoms. The monoisotopic (exact) mass is 310 g/mol. The van der Waals surface area contributed by atoms with Gasteiger partial charge >= 0.3 is 0 Å². The van der Waals surface area contributed by atoms with Gasteiger partial charge < -0.3 is 15.4 Å². The molecule has 0 spiro atoms. The van der Waals surface area contributed by atoms with Gasteiger partial charge in [0.25, 0.3) is 0 Å². The van der Waals surface area contributed by atoms with Crippen LogP contribution in [0.4, 0.5) is 0 Å². The number of fused-ring (bicyclic) bond motifs is 1. The molecule has 3 aromatic rings. The highest BCUT2D eigenvalue weighted by atomic mass is 32.1. The molecule has 3 N–H and O–H groups in total. The fourth-order valence-electron chi connectivity index (χ4n) is 2.82. The fraction of sp³-hybridized carbons (Fsp3) is 0.167. The summed E-state index contributed by atoms with van der Waals surface area (Å²) < 4.78 is 2.07. The number of hydrogen-bond acceptors (Lipinski definition) is 2. The zero-order valence-electron chi connectivity index (χ0n) is 12.4. The minimum absolute atomic E-state index is 0.129. The summed E-state index contributed by atoms with van der Waals surface area (Å²) in [6, 6.07) is 14.4. The molecule has 22 heavy (non-hydrogen) atoms. The number of nitrogens with zero attached hydrogens (tertiary/aromatic N) is 1. The van der Waals surface area contributed by atoms with E-state index in [2.05, 4.69) is 35.8 Å². The van der Waals surface area contributed by atoms with Gasteiger partial charge in [0.2, 0.25) is 0 Å². The molecule has 0 radical (unpaired) electrons. The van der Waals surface area contributed by atoms with Gasteiger partial charge in [-0.3, -0.25) is 0 Å². The molecule has 4 heteroatoms. The second-order valence-corrected chi connectivity index (χ2v) is 5.86. The first kappa shape index (κ1) is 14.8. The number of aryl methyl sites for hydroxylation is 1. The van der Waals surface area contributed by atoms with Crippen LogP contribution in [0.15, 0.2) is 48.7 Å². The summed E-state index contributed by atoms with van der Waals surface area (Å²) >= 11 is 5.08. The Morgan fingerprint density at radius 3 is 2.77 bits per heavy atom. The van der Waals surface area contributed by atoms with Crippen LogP contribution in [0.5, 0.6) is 0 Å². The summed E-state index contributed by atoms with van der Waals surface area (Å²) in [4.78, 5) is 0.406. The van der Waals surface area contributed by atoms with Crippen LogP contribution < -0.4 is 5.73 Å². The van der Waals surface area contributed by atoms with E-state index in [0.717, 1.165) is 22.2 Å². The lowest BCUT2D eigenvalue weighted by atomic mass is 9.98. The predicted octanol–water partition coefficient (Wildman–Crippen LogP) is 3.24. The number of hydrogen-bond donors (Lipinski definition) is 2. The van der Waals surface area contributed by atoms with Gasteiger partial charge in [-0.2, -0.15) is 0 Å². The van der Waals surface area contributed by atoms with E-state index in [1.807, 2.05) is 24.4 Å². The van der Waals surface area contributed by atoms with Crippen molar-refractivity contribution >= 4 is 28.1 Å². The number of rotatable bonds is 4. The molecule has 0 aliphatic rings. The van der Waals surface area contributed by atoms with Gasteiger partial charge in [-0.1, -0.05) is 36.5 Å². The molecule has 0 aliphatic heterocycles. The van der Waals surface area contributed by atoms with Gasteiger partial charge in [0, 0.05) is 29.2 Å². The molecule has 0 saturated heterocycles. The van der Waals surface area contributed by atoms with E-state index in [-0.39, 0.29) is 6.61 Å². The Balaban J connectivity index is 2.22. The Morgan fingerprint density at radius 1 is 1.23 bits per heavy atom. The van der Waals surface area contributed by atoms with E-state index >= 15 is 0 Å². The predicted molar refractivity (Wildman–Crippen MR) is 95.1 cm³/mol. The zero-order valence-corrected chi connectivity index (χ0v) is 13.2. The lowest BCUT2D eigenvalue weighted by Crippen LogP contribution is -2.08. The molecule has 1 heterocycles.